The number of nitrogens with one attached hydrogen (secondary N) is 1. The van der Waals surface area contributed by atoms with Crippen LogP contribution in [0.3, 0.4) is 0 Å². The molecule has 0 fully saturated rings. The van der Waals surface area contributed by atoms with Crippen molar-refractivity contribution >= 4 is 5.91 Å². The Morgan fingerprint density at radius 1 is 0.917 bits per heavy atom. The number of ether oxygens (including phenoxy) is 1. The molecule has 120 valence electrons. The lowest BCUT2D eigenvalue weighted by Crippen LogP contribution is -2.23. The van der Waals surface area contributed by atoms with Gasteiger partial charge in [-0.2, -0.15) is 0 Å². The number of rotatable bonds is 6. The highest BCUT2D eigenvalue weighted by Gasteiger charge is 2.06. The quantitative estimate of drug-likeness (QED) is 0.758. The standard InChI is InChI=1S/C19H17N3O2/c23-19(22-13-18-20-11-4-12-21-18)16-7-9-17(10-8-16)24-14-15-5-2-1-3-6-15/h1-12H,13-14H2,(H,22,23). The number of nitrogens with zero attached hydrogens (tertiary/aromatic N) is 2. The largest absolute Gasteiger partial charge is 0.489 e. The molecule has 0 aliphatic rings. The first-order valence-electron chi connectivity index (χ1n) is 7.62. The van der Waals surface area contributed by atoms with Crippen molar-refractivity contribution in [3.63, 3.8) is 0 Å². The maximum atomic E-state index is 12.1. The Morgan fingerprint density at radius 2 is 1.62 bits per heavy atom. The maximum absolute atomic E-state index is 12.1. The van der Waals surface area contributed by atoms with Crippen LogP contribution in [-0.4, -0.2) is 15.9 Å². The first-order chi connectivity index (χ1) is 11.8. The first-order valence-corrected chi connectivity index (χ1v) is 7.62. The Kier molecular flexibility index (Phi) is 5.14. The van der Waals surface area contributed by atoms with Crippen LogP contribution in [0.5, 0.6) is 5.75 Å². The van der Waals surface area contributed by atoms with Crippen molar-refractivity contribution in [3.8, 4) is 5.75 Å². The molecule has 24 heavy (non-hydrogen) atoms. The number of benzene rings is 2. The SMILES string of the molecule is O=C(NCc1ncccn1)c1ccc(OCc2ccccc2)cc1. The van der Waals surface area contributed by atoms with E-state index in [1.54, 1.807) is 42.7 Å². The highest BCUT2D eigenvalue weighted by Crippen LogP contribution is 2.14. The van der Waals surface area contributed by atoms with Crippen molar-refractivity contribution in [1.82, 2.24) is 15.3 Å². The van der Waals surface area contributed by atoms with Crippen LogP contribution < -0.4 is 10.1 Å². The van der Waals surface area contributed by atoms with E-state index in [0.717, 1.165) is 11.3 Å². The van der Waals surface area contributed by atoms with Gasteiger partial charge >= 0.3 is 0 Å². The lowest BCUT2D eigenvalue weighted by molar-refractivity contribution is 0.0950. The summed E-state index contributed by atoms with van der Waals surface area (Å²) in [6.07, 6.45) is 3.29. The Bertz CT molecular complexity index is 775. The minimum atomic E-state index is -0.169. The summed E-state index contributed by atoms with van der Waals surface area (Å²) in [6.45, 7) is 0.795. The fraction of sp³-hybridized carbons (Fsp3) is 0.105. The van der Waals surface area contributed by atoms with Gasteiger partial charge in [0.05, 0.1) is 6.54 Å². The molecule has 1 aromatic heterocycles. The minimum Gasteiger partial charge on any atom is -0.489 e. The summed E-state index contributed by atoms with van der Waals surface area (Å²) in [4.78, 5) is 20.2. The van der Waals surface area contributed by atoms with Gasteiger partial charge in [0.25, 0.3) is 5.91 Å². The molecule has 0 aliphatic carbocycles. The van der Waals surface area contributed by atoms with Gasteiger partial charge in [-0.25, -0.2) is 9.97 Å². The molecule has 1 N–H and O–H groups in total. The minimum absolute atomic E-state index is 0.169. The zero-order valence-corrected chi connectivity index (χ0v) is 13.1. The molecule has 0 unspecified atom stereocenters. The third-order valence-corrected chi connectivity index (χ3v) is 3.39. The highest BCUT2D eigenvalue weighted by molar-refractivity contribution is 5.94. The van der Waals surface area contributed by atoms with Crippen LogP contribution in [0.2, 0.25) is 0 Å². The van der Waals surface area contributed by atoms with Crippen molar-refractivity contribution < 1.29 is 9.53 Å². The molecule has 0 radical (unpaired) electrons. The van der Waals surface area contributed by atoms with Crippen LogP contribution in [0.4, 0.5) is 0 Å². The lowest BCUT2D eigenvalue weighted by Gasteiger charge is -2.08. The van der Waals surface area contributed by atoms with E-state index in [4.69, 9.17) is 4.74 Å². The maximum Gasteiger partial charge on any atom is 0.251 e. The van der Waals surface area contributed by atoms with Crippen molar-refractivity contribution in [1.29, 1.82) is 0 Å². The molecule has 5 heteroatoms. The van der Waals surface area contributed by atoms with Crippen molar-refractivity contribution in [2.75, 3.05) is 0 Å². The summed E-state index contributed by atoms with van der Waals surface area (Å²) in [5, 5.41) is 2.79. The predicted molar refractivity (Wildman–Crippen MR) is 90.4 cm³/mol. The molecular weight excluding hydrogens is 302 g/mol. The number of aromatic nitrogens is 2. The smallest absolute Gasteiger partial charge is 0.251 e. The fourth-order valence-electron chi connectivity index (χ4n) is 2.13. The second-order valence-corrected chi connectivity index (χ2v) is 5.15. The Morgan fingerprint density at radius 3 is 2.33 bits per heavy atom. The van der Waals surface area contributed by atoms with E-state index in [0.29, 0.717) is 24.5 Å². The van der Waals surface area contributed by atoms with E-state index in [1.165, 1.54) is 0 Å². The second kappa shape index (κ2) is 7.87. The summed E-state index contributed by atoms with van der Waals surface area (Å²) >= 11 is 0. The van der Waals surface area contributed by atoms with Gasteiger partial charge in [-0.1, -0.05) is 30.3 Å². The zero-order valence-electron chi connectivity index (χ0n) is 13.1. The van der Waals surface area contributed by atoms with E-state index in [1.807, 2.05) is 30.3 Å². The molecule has 5 nitrogen and oxygen atoms in total. The van der Waals surface area contributed by atoms with E-state index in [9.17, 15) is 4.79 Å². The molecule has 3 rings (SSSR count). The summed E-state index contributed by atoms with van der Waals surface area (Å²) in [7, 11) is 0. The van der Waals surface area contributed by atoms with Gasteiger partial charge in [0.1, 0.15) is 18.2 Å². The Labute approximate surface area is 140 Å². The number of carbonyl (C=O) groups excluding carboxylic acids is 1. The van der Waals surface area contributed by atoms with Gasteiger partial charge in [0.2, 0.25) is 0 Å². The summed E-state index contributed by atoms with van der Waals surface area (Å²) in [5.41, 5.74) is 1.67. The van der Waals surface area contributed by atoms with Crippen LogP contribution in [0.25, 0.3) is 0 Å². The molecule has 0 saturated heterocycles. The molecular formula is C19H17N3O2. The summed E-state index contributed by atoms with van der Waals surface area (Å²) in [6, 6.07) is 18.7. The molecule has 0 saturated carbocycles. The van der Waals surface area contributed by atoms with Crippen LogP contribution >= 0.6 is 0 Å². The molecule has 0 aliphatic heterocycles. The average Bonchev–Trinajstić information content (AvgIpc) is 2.66. The number of carbonyl (C=O) groups is 1. The summed E-state index contributed by atoms with van der Waals surface area (Å²) in [5.74, 6) is 1.13. The van der Waals surface area contributed by atoms with Gasteiger partial charge in [-0.05, 0) is 35.9 Å². The fourth-order valence-corrected chi connectivity index (χ4v) is 2.13. The topological polar surface area (TPSA) is 64.1 Å². The van der Waals surface area contributed by atoms with Gasteiger partial charge in [-0.3, -0.25) is 4.79 Å². The van der Waals surface area contributed by atoms with Crippen LogP contribution in [0, 0.1) is 0 Å². The van der Waals surface area contributed by atoms with E-state index < -0.39 is 0 Å². The third kappa shape index (κ3) is 4.39. The molecule has 3 aromatic rings. The first kappa shape index (κ1) is 15.7. The second-order valence-electron chi connectivity index (χ2n) is 5.15. The molecule has 2 aromatic carbocycles. The normalized spacial score (nSPS) is 10.2. The van der Waals surface area contributed by atoms with Crippen molar-refractivity contribution in [2.24, 2.45) is 0 Å². The number of hydrogen-bond acceptors (Lipinski definition) is 4. The van der Waals surface area contributed by atoms with Crippen LogP contribution in [0.15, 0.2) is 73.1 Å². The lowest BCUT2D eigenvalue weighted by atomic mass is 10.2. The number of amides is 1. The van der Waals surface area contributed by atoms with Gasteiger partial charge in [0, 0.05) is 18.0 Å². The van der Waals surface area contributed by atoms with Gasteiger partial charge in [0.15, 0.2) is 0 Å². The molecule has 1 amide bonds. The van der Waals surface area contributed by atoms with Crippen molar-refractivity contribution in [2.45, 2.75) is 13.2 Å². The van der Waals surface area contributed by atoms with Crippen LogP contribution in [0.1, 0.15) is 21.7 Å². The van der Waals surface area contributed by atoms with E-state index in [-0.39, 0.29) is 5.91 Å². The van der Waals surface area contributed by atoms with Crippen LogP contribution in [-0.2, 0) is 13.2 Å². The Balaban J connectivity index is 1.53. The van der Waals surface area contributed by atoms with Crippen molar-refractivity contribution in [3.05, 3.63) is 90.0 Å². The zero-order chi connectivity index (χ0) is 16.6. The highest BCUT2D eigenvalue weighted by atomic mass is 16.5. The Hall–Kier alpha value is -3.21. The molecule has 1 heterocycles. The van der Waals surface area contributed by atoms with Gasteiger partial charge < -0.3 is 10.1 Å². The third-order valence-electron chi connectivity index (χ3n) is 3.39. The molecule has 0 atom stereocenters. The van der Waals surface area contributed by atoms with E-state index in [2.05, 4.69) is 15.3 Å². The predicted octanol–water partition coefficient (Wildman–Crippen LogP) is 2.99. The average molecular weight is 319 g/mol. The summed E-state index contributed by atoms with van der Waals surface area (Å²) < 4.78 is 5.70. The number of hydrogen-bond donors (Lipinski definition) is 1. The van der Waals surface area contributed by atoms with E-state index >= 15 is 0 Å². The molecule has 0 bridgehead atoms. The molecule has 0 spiro atoms. The monoisotopic (exact) mass is 319 g/mol. The van der Waals surface area contributed by atoms with Gasteiger partial charge in [-0.15, -0.1) is 0 Å².